The third-order valence-electron chi connectivity index (χ3n) is 16.6. The molecule has 0 spiro atoms. The normalized spacial score (nSPS) is 13.8. The highest BCUT2D eigenvalue weighted by molar-refractivity contribution is 6.42. The molecule has 0 saturated heterocycles. The van der Waals surface area contributed by atoms with Crippen LogP contribution in [0.25, 0.3) is 77.0 Å². The number of hydrogen-bond donors (Lipinski definition) is 0. The Labute approximate surface area is 533 Å². The molecule has 0 atom stereocenters. The van der Waals surface area contributed by atoms with Crippen molar-refractivity contribution in [1.82, 2.24) is 9.05 Å². The maximum absolute atomic E-state index is 15.4. The van der Waals surface area contributed by atoms with Gasteiger partial charge in [-0.05, 0) is 184 Å². The summed E-state index contributed by atoms with van der Waals surface area (Å²) in [6, 6.07) is 15.9. The Hall–Kier alpha value is -10.3. The van der Waals surface area contributed by atoms with Crippen molar-refractivity contribution in [3.05, 3.63) is 214 Å². The number of fused-ring (bicyclic) bond motifs is 2. The van der Waals surface area contributed by atoms with E-state index in [1.54, 1.807) is 34.6 Å². The fourth-order valence-electron chi connectivity index (χ4n) is 12.6. The zero-order valence-electron chi connectivity index (χ0n) is 51.4. The van der Waals surface area contributed by atoms with Crippen molar-refractivity contribution < 1.29 is 94.3 Å². The first-order chi connectivity index (χ1) is 44.9. The molecule has 11 rings (SSSR count). The van der Waals surface area contributed by atoms with E-state index in [4.69, 9.17) is 23.6 Å². The minimum absolute atomic E-state index is 0.00420. The molecule has 0 aliphatic carbocycles. The molecular weight excluding hydrogens is 1290 g/mol. The Balaban J connectivity index is 1.05. The molecule has 0 saturated carbocycles. The number of carbonyl (C=O) groups excluding carboxylic acids is 3. The second-order valence-electron chi connectivity index (χ2n) is 22.7. The Bertz CT molecular complexity index is 5060. The van der Waals surface area contributed by atoms with Crippen LogP contribution in [0.4, 0.5) is 61.3 Å². The quantitative estimate of drug-likeness (QED) is 0.0275. The number of nitrogens with zero attached hydrogens (tertiary/aromatic N) is 3. The number of para-hydroxylation sites is 1. The number of benzene rings is 7. The van der Waals surface area contributed by atoms with Crippen LogP contribution in [0, 0.1) is 27.7 Å². The van der Waals surface area contributed by atoms with Crippen LogP contribution >= 0.6 is 0 Å². The highest BCUT2D eigenvalue weighted by atomic mass is 19.4. The number of pyridine rings is 1. The predicted octanol–water partition coefficient (Wildman–Crippen LogP) is 17.5. The second kappa shape index (κ2) is 24.1. The van der Waals surface area contributed by atoms with Gasteiger partial charge in [0.2, 0.25) is 0 Å². The average Bonchev–Trinajstić information content (AvgIpc) is 0.862. The minimum Gasteiger partial charge on any atom is -0.462 e. The molecule has 7 aromatic carbocycles. The van der Waals surface area contributed by atoms with Crippen LogP contribution in [0.3, 0.4) is 0 Å². The number of aromatic nitrogens is 2. The third-order valence-corrected chi connectivity index (χ3v) is 16.6. The summed E-state index contributed by atoms with van der Waals surface area (Å²) in [6.45, 7) is 12.2. The molecule has 10 aromatic rings. The van der Waals surface area contributed by atoms with E-state index < -0.39 is 134 Å². The molecule has 0 fully saturated rings. The smallest absolute Gasteiger partial charge is 0.462 e. The molecule has 96 heavy (non-hydrogen) atoms. The summed E-state index contributed by atoms with van der Waals surface area (Å²) in [5.74, 6) is -2.56. The molecule has 27 heteroatoms. The van der Waals surface area contributed by atoms with Crippen molar-refractivity contribution in [3.63, 3.8) is 0 Å². The summed E-state index contributed by atoms with van der Waals surface area (Å²) >= 11 is 0. The SMILES string of the molecule is CCOC(=O)C1=C(C)/C(=C(\c2c(C)cc(OC(=O)Cc3ccc(-n4c(=O)c5cc(-c6cc(C(F)(F)F)cc(C(F)(F)F)c6)c6oc7ccccc7c7c(-c8cc(C(F)(F)F)cc(C(F)(F)F)c8)cc(c4=O)c5c67)cc3)cc2C)c2c(C)c(C(=O)OCC)c(C)n2B(F)F)N=C1C. The van der Waals surface area contributed by atoms with Gasteiger partial charge in [0.25, 0.3) is 11.1 Å². The largest absolute Gasteiger partial charge is 0.677 e. The van der Waals surface area contributed by atoms with Crippen molar-refractivity contribution in [1.29, 1.82) is 0 Å². The Morgan fingerprint density at radius 3 is 1.58 bits per heavy atom. The molecule has 1 aliphatic rings. The molecule has 1 aliphatic heterocycles. The Morgan fingerprint density at radius 2 is 1.07 bits per heavy atom. The van der Waals surface area contributed by atoms with Gasteiger partial charge in [-0.15, -0.1) is 0 Å². The van der Waals surface area contributed by atoms with E-state index in [9.17, 15) is 67.1 Å². The van der Waals surface area contributed by atoms with Crippen molar-refractivity contribution in [2.75, 3.05) is 13.2 Å². The van der Waals surface area contributed by atoms with E-state index in [2.05, 4.69) is 0 Å². The Kier molecular flexibility index (Phi) is 16.9. The van der Waals surface area contributed by atoms with Crippen LogP contribution in [0.2, 0.25) is 0 Å². The highest BCUT2D eigenvalue weighted by Gasteiger charge is 2.41. The summed E-state index contributed by atoms with van der Waals surface area (Å²) in [5, 5.41) is -2.36. The summed E-state index contributed by atoms with van der Waals surface area (Å²) in [7, 11) is -3.22. The number of ether oxygens (including phenoxy) is 3. The monoisotopic (exact) mass is 1340 g/mol. The molecule has 0 radical (unpaired) electrons. The molecule has 0 unspecified atom stereocenters. The maximum Gasteiger partial charge on any atom is 0.677 e. The van der Waals surface area contributed by atoms with Crippen LogP contribution in [0.5, 0.6) is 5.75 Å². The van der Waals surface area contributed by atoms with Gasteiger partial charge in [0.1, 0.15) is 16.9 Å². The van der Waals surface area contributed by atoms with Crippen LogP contribution in [0.15, 0.2) is 145 Å². The molecular formula is C69H48BF14N3O9. The van der Waals surface area contributed by atoms with Gasteiger partial charge in [-0.3, -0.25) is 28.0 Å². The lowest BCUT2D eigenvalue weighted by Gasteiger charge is -2.21. The van der Waals surface area contributed by atoms with Gasteiger partial charge in [-0.1, -0.05) is 30.3 Å². The van der Waals surface area contributed by atoms with Gasteiger partial charge in [-0.25, -0.2) is 14.2 Å². The molecule has 12 nitrogen and oxygen atoms in total. The lowest BCUT2D eigenvalue weighted by Crippen LogP contribution is -2.32. The van der Waals surface area contributed by atoms with Crippen molar-refractivity contribution in [3.8, 4) is 33.7 Å². The number of aryl methyl sites for hydroxylation is 2. The molecule has 494 valence electrons. The van der Waals surface area contributed by atoms with Crippen LogP contribution < -0.4 is 15.9 Å². The molecule has 0 bridgehead atoms. The lowest BCUT2D eigenvalue weighted by molar-refractivity contribution is -0.144. The summed E-state index contributed by atoms with van der Waals surface area (Å²) in [6.07, 6.45) is -22.2. The zero-order chi connectivity index (χ0) is 69.9. The first-order valence-corrected chi connectivity index (χ1v) is 29.1. The fourth-order valence-corrected chi connectivity index (χ4v) is 12.6. The van der Waals surface area contributed by atoms with Gasteiger partial charge in [-0.2, -0.15) is 52.7 Å². The number of aliphatic imine (C=N–C) groups is 1. The number of carbonyl (C=O) groups is 3. The van der Waals surface area contributed by atoms with Crippen molar-refractivity contribution >= 4 is 80.1 Å². The number of halogens is 14. The standard InChI is InChI=1S/C69H48BF14N3O9/c1-9-93-64(91)53-32(5)59(85-34(53)7)58(60-33(6)54(65(92)94-10-2)35(8)87(60)70(83)84)52-30(3)19-44(20-31(52)4)95-51(88)21-36-15-17-43(18-16-36)86-62(89)48-28-46(37-22-39(66(71,72)73)26-40(23-37)67(74,75)76)55-45-13-11-12-14-50(45)96-61-47(29-49(63(86)90)56(48)57(55)61)38-24-41(68(77,78)79)27-42(25-38)69(80,81)82/h11-20,22-29H,9-10,21H2,1-8H3/b59-58-. The van der Waals surface area contributed by atoms with Gasteiger partial charge in [0.15, 0.2) is 0 Å². The van der Waals surface area contributed by atoms with Crippen molar-refractivity contribution in [2.45, 2.75) is 86.5 Å². The predicted molar refractivity (Wildman–Crippen MR) is 330 cm³/mol. The van der Waals surface area contributed by atoms with E-state index in [0.717, 1.165) is 12.1 Å². The first kappa shape index (κ1) is 67.1. The number of allylic oxidation sites excluding steroid dienone is 1. The third kappa shape index (κ3) is 11.7. The van der Waals surface area contributed by atoms with E-state index >= 15 is 18.2 Å². The summed E-state index contributed by atoms with van der Waals surface area (Å²) in [4.78, 5) is 75.6. The number of alkyl halides is 12. The lowest BCUT2D eigenvalue weighted by atomic mass is 9.86. The fraction of sp³-hybridized carbons (Fsp3) is 0.217. The first-order valence-electron chi connectivity index (χ1n) is 29.1. The minimum atomic E-state index is -5.43. The summed E-state index contributed by atoms with van der Waals surface area (Å²) in [5.41, 5.74) is -12.1. The van der Waals surface area contributed by atoms with E-state index in [1.165, 1.54) is 81.4 Å². The van der Waals surface area contributed by atoms with Gasteiger partial charge in [0, 0.05) is 54.8 Å². The second-order valence-corrected chi connectivity index (χ2v) is 22.7. The van der Waals surface area contributed by atoms with Gasteiger partial charge >= 0.3 is 50.0 Å². The van der Waals surface area contributed by atoms with E-state index in [1.807, 2.05) is 0 Å². The van der Waals surface area contributed by atoms with E-state index in [0.29, 0.717) is 50.0 Å². The number of hydrogen-bond acceptors (Lipinski definition) is 10. The average molecular weight is 1340 g/mol. The van der Waals surface area contributed by atoms with Gasteiger partial charge < -0.3 is 23.1 Å². The van der Waals surface area contributed by atoms with Gasteiger partial charge in [0.05, 0.1) is 70.1 Å². The molecule has 0 N–H and O–H groups in total. The van der Waals surface area contributed by atoms with Crippen LogP contribution in [-0.4, -0.2) is 53.3 Å². The van der Waals surface area contributed by atoms with Crippen LogP contribution in [-0.2, 0) is 50.2 Å². The highest BCUT2D eigenvalue weighted by Crippen LogP contribution is 2.50. The zero-order valence-corrected chi connectivity index (χ0v) is 51.4. The maximum atomic E-state index is 15.4. The van der Waals surface area contributed by atoms with E-state index in [-0.39, 0.29) is 115 Å². The number of rotatable bonds is 13. The van der Waals surface area contributed by atoms with Crippen molar-refractivity contribution in [2.24, 2.45) is 4.99 Å². The van der Waals surface area contributed by atoms with Crippen LogP contribution in [0.1, 0.15) is 99.5 Å². The molecule has 0 amide bonds. The molecule has 4 heterocycles. The Morgan fingerprint density at radius 1 is 0.573 bits per heavy atom. The summed E-state index contributed by atoms with van der Waals surface area (Å²) < 4.78 is 230. The molecule has 3 aromatic heterocycles. The number of esters is 3. The topological polar surface area (TPSA) is 148 Å².